The van der Waals surface area contributed by atoms with E-state index in [0.717, 1.165) is 30.2 Å². The lowest BCUT2D eigenvalue weighted by molar-refractivity contribution is -0.117. The number of fused-ring (bicyclic) bond motifs is 3. The zero-order chi connectivity index (χ0) is 20.7. The summed E-state index contributed by atoms with van der Waals surface area (Å²) in [5.41, 5.74) is 5.73. The molecule has 0 saturated carbocycles. The number of aromatic amines is 1. The van der Waals surface area contributed by atoms with E-state index in [4.69, 9.17) is 4.74 Å². The average molecular weight is 403 g/mol. The van der Waals surface area contributed by atoms with Gasteiger partial charge in [-0.2, -0.15) is 0 Å². The molecule has 1 aliphatic heterocycles. The first-order valence-corrected chi connectivity index (χ1v) is 10.6. The molecule has 3 aromatic rings. The monoisotopic (exact) mass is 403 g/mol. The topological polar surface area (TPSA) is 74.4 Å². The summed E-state index contributed by atoms with van der Waals surface area (Å²) in [5.74, 6) is 0.551. The first kappa shape index (κ1) is 18.7. The second-order valence-electron chi connectivity index (χ2n) is 8.04. The summed E-state index contributed by atoms with van der Waals surface area (Å²) in [4.78, 5) is 30.4. The molecule has 30 heavy (non-hydrogen) atoms. The van der Waals surface area contributed by atoms with Gasteiger partial charge in [-0.1, -0.05) is 0 Å². The quantitative estimate of drug-likeness (QED) is 0.677. The number of carbonyl (C=O) groups is 2. The number of carbonyl (C=O) groups excluding carboxylic acids is 2. The summed E-state index contributed by atoms with van der Waals surface area (Å²) < 4.78 is 5.43. The second kappa shape index (κ2) is 7.52. The number of hydrogen-bond donors (Lipinski definition) is 2. The highest BCUT2D eigenvalue weighted by atomic mass is 16.5. The largest absolute Gasteiger partial charge is 0.495 e. The number of nitrogens with one attached hydrogen (secondary N) is 2. The molecule has 1 saturated heterocycles. The average Bonchev–Trinajstić information content (AvgIpc) is 3.36. The molecule has 1 aromatic heterocycles. The molecule has 0 spiro atoms. The Hall–Kier alpha value is -3.28. The van der Waals surface area contributed by atoms with Crippen LogP contribution in [0.5, 0.6) is 5.75 Å². The van der Waals surface area contributed by atoms with Gasteiger partial charge in [-0.15, -0.1) is 0 Å². The molecule has 0 unspecified atom stereocenters. The summed E-state index contributed by atoms with van der Waals surface area (Å²) >= 11 is 0. The van der Waals surface area contributed by atoms with E-state index in [-0.39, 0.29) is 11.8 Å². The highest BCUT2D eigenvalue weighted by Crippen LogP contribution is 2.34. The second-order valence-corrected chi connectivity index (χ2v) is 8.04. The van der Waals surface area contributed by atoms with Crippen molar-refractivity contribution in [2.75, 3.05) is 23.9 Å². The molecule has 2 aromatic carbocycles. The van der Waals surface area contributed by atoms with E-state index in [2.05, 4.69) is 10.3 Å². The fraction of sp³-hybridized carbons (Fsp3) is 0.333. The Bertz CT molecular complexity index is 1150. The van der Waals surface area contributed by atoms with Crippen molar-refractivity contribution in [2.24, 2.45) is 0 Å². The Morgan fingerprint density at radius 3 is 2.73 bits per heavy atom. The van der Waals surface area contributed by atoms with Gasteiger partial charge in [0.1, 0.15) is 5.75 Å². The summed E-state index contributed by atoms with van der Waals surface area (Å²) in [6.45, 7) is 0.669. The lowest BCUT2D eigenvalue weighted by atomic mass is 9.95. The maximum atomic E-state index is 13.0. The standard InChI is InChI=1S/C24H25N3O3/c1-30-22-11-9-16(14-21(22)27-12-4-7-23(27)28)25-24(29)15-8-10-20-18(13-15)17-5-2-3-6-19(17)26-20/h8-11,13-14,26H,2-7,12H2,1H3,(H,25,29). The third-order valence-electron chi connectivity index (χ3n) is 6.16. The summed E-state index contributed by atoms with van der Waals surface area (Å²) in [7, 11) is 1.59. The van der Waals surface area contributed by atoms with Crippen molar-refractivity contribution in [2.45, 2.75) is 38.5 Å². The maximum Gasteiger partial charge on any atom is 0.255 e. The van der Waals surface area contributed by atoms with Gasteiger partial charge in [0.2, 0.25) is 5.91 Å². The van der Waals surface area contributed by atoms with Gasteiger partial charge < -0.3 is 19.9 Å². The van der Waals surface area contributed by atoms with Crippen molar-refractivity contribution in [3.63, 3.8) is 0 Å². The van der Waals surface area contributed by atoms with E-state index < -0.39 is 0 Å². The van der Waals surface area contributed by atoms with E-state index in [0.29, 0.717) is 35.7 Å². The molecule has 154 valence electrons. The first-order valence-electron chi connectivity index (χ1n) is 10.6. The smallest absolute Gasteiger partial charge is 0.255 e. The third kappa shape index (κ3) is 3.22. The molecule has 1 aliphatic carbocycles. The molecule has 0 radical (unpaired) electrons. The van der Waals surface area contributed by atoms with Crippen molar-refractivity contribution >= 4 is 34.1 Å². The van der Waals surface area contributed by atoms with Gasteiger partial charge >= 0.3 is 0 Å². The van der Waals surface area contributed by atoms with E-state index >= 15 is 0 Å². The number of ether oxygens (including phenoxy) is 1. The predicted octanol–water partition coefficient (Wildman–Crippen LogP) is 4.43. The number of rotatable bonds is 4. The fourth-order valence-corrected chi connectivity index (χ4v) is 4.63. The number of anilines is 2. The fourth-order valence-electron chi connectivity index (χ4n) is 4.63. The van der Waals surface area contributed by atoms with Crippen LogP contribution in [0.25, 0.3) is 10.9 Å². The zero-order valence-electron chi connectivity index (χ0n) is 17.1. The van der Waals surface area contributed by atoms with Gasteiger partial charge in [-0.05, 0) is 74.1 Å². The van der Waals surface area contributed by atoms with Gasteiger partial charge in [0.15, 0.2) is 0 Å². The van der Waals surface area contributed by atoms with Crippen LogP contribution < -0.4 is 15.0 Å². The Balaban J connectivity index is 1.43. The van der Waals surface area contributed by atoms with Gasteiger partial charge in [0, 0.05) is 40.8 Å². The summed E-state index contributed by atoms with van der Waals surface area (Å²) in [6.07, 6.45) is 5.93. The van der Waals surface area contributed by atoms with Crippen LogP contribution in [-0.2, 0) is 17.6 Å². The number of aryl methyl sites for hydroxylation is 2. The van der Waals surface area contributed by atoms with Crippen LogP contribution in [0.3, 0.4) is 0 Å². The number of nitrogens with zero attached hydrogens (tertiary/aromatic N) is 1. The molecular weight excluding hydrogens is 378 g/mol. The van der Waals surface area contributed by atoms with Crippen LogP contribution in [-0.4, -0.2) is 30.5 Å². The minimum Gasteiger partial charge on any atom is -0.495 e. The maximum absolute atomic E-state index is 13.0. The highest BCUT2D eigenvalue weighted by Gasteiger charge is 2.25. The van der Waals surface area contributed by atoms with Crippen LogP contribution in [0.15, 0.2) is 36.4 Å². The minimum absolute atomic E-state index is 0.0828. The lowest BCUT2D eigenvalue weighted by Crippen LogP contribution is -2.24. The molecule has 0 bridgehead atoms. The van der Waals surface area contributed by atoms with Crippen molar-refractivity contribution in [1.82, 2.24) is 4.98 Å². The first-order chi connectivity index (χ1) is 14.6. The van der Waals surface area contributed by atoms with E-state index in [1.807, 2.05) is 24.3 Å². The molecule has 5 rings (SSSR count). The van der Waals surface area contributed by atoms with E-state index in [1.54, 1.807) is 24.1 Å². The number of benzene rings is 2. The van der Waals surface area contributed by atoms with Crippen LogP contribution >= 0.6 is 0 Å². The number of hydrogen-bond acceptors (Lipinski definition) is 3. The highest BCUT2D eigenvalue weighted by molar-refractivity contribution is 6.07. The molecule has 2 amide bonds. The molecule has 6 heteroatoms. The van der Waals surface area contributed by atoms with Crippen LogP contribution in [0.2, 0.25) is 0 Å². The molecule has 6 nitrogen and oxygen atoms in total. The zero-order valence-corrected chi connectivity index (χ0v) is 17.1. The Labute approximate surface area is 175 Å². The molecule has 2 aliphatic rings. The Kier molecular flexibility index (Phi) is 4.69. The van der Waals surface area contributed by atoms with Crippen LogP contribution in [0.1, 0.15) is 47.3 Å². The Morgan fingerprint density at radius 1 is 1.07 bits per heavy atom. The van der Waals surface area contributed by atoms with Gasteiger partial charge in [-0.25, -0.2) is 0 Å². The number of amides is 2. The van der Waals surface area contributed by atoms with Crippen molar-refractivity contribution in [1.29, 1.82) is 0 Å². The number of aromatic nitrogens is 1. The molecule has 0 atom stereocenters. The van der Waals surface area contributed by atoms with Crippen LogP contribution in [0.4, 0.5) is 11.4 Å². The minimum atomic E-state index is -0.161. The van der Waals surface area contributed by atoms with Crippen molar-refractivity contribution in [3.05, 3.63) is 53.2 Å². The third-order valence-corrected chi connectivity index (χ3v) is 6.16. The van der Waals surface area contributed by atoms with Gasteiger partial charge in [-0.3, -0.25) is 9.59 Å². The van der Waals surface area contributed by atoms with Crippen molar-refractivity contribution < 1.29 is 14.3 Å². The normalized spacial score (nSPS) is 16.0. The number of methoxy groups -OCH3 is 1. The molecule has 2 N–H and O–H groups in total. The van der Waals surface area contributed by atoms with E-state index in [9.17, 15) is 9.59 Å². The molecular formula is C24H25N3O3. The lowest BCUT2D eigenvalue weighted by Gasteiger charge is -2.20. The molecule has 1 fully saturated rings. The summed E-state index contributed by atoms with van der Waals surface area (Å²) in [6, 6.07) is 11.2. The molecule has 2 heterocycles. The van der Waals surface area contributed by atoms with E-state index in [1.165, 1.54) is 24.1 Å². The van der Waals surface area contributed by atoms with Gasteiger partial charge in [0.05, 0.1) is 12.8 Å². The van der Waals surface area contributed by atoms with Crippen LogP contribution in [0, 0.1) is 0 Å². The predicted molar refractivity (Wildman–Crippen MR) is 117 cm³/mol. The number of H-pyrrole nitrogens is 1. The van der Waals surface area contributed by atoms with Gasteiger partial charge in [0.25, 0.3) is 5.91 Å². The SMILES string of the molecule is COc1ccc(NC(=O)c2ccc3[nH]c4c(c3c2)CCCC4)cc1N1CCCC1=O. The summed E-state index contributed by atoms with van der Waals surface area (Å²) in [5, 5.41) is 4.13. The Morgan fingerprint density at radius 2 is 1.93 bits per heavy atom. The van der Waals surface area contributed by atoms with Crippen molar-refractivity contribution in [3.8, 4) is 5.75 Å².